The van der Waals surface area contributed by atoms with Crippen molar-refractivity contribution in [3.05, 3.63) is 72.4 Å². The second-order valence-electron chi connectivity index (χ2n) is 6.24. The van der Waals surface area contributed by atoms with Crippen molar-refractivity contribution in [3.8, 4) is 17.6 Å². The number of ether oxygens (including phenoxy) is 2. The van der Waals surface area contributed by atoms with Crippen LogP contribution in [0.15, 0.2) is 54.1 Å². The van der Waals surface area contributed by atoms with Crippen LogP contribution in [-0.2, 0) is 16.0 Å². The first-order chi connectivity index (χ1) is 13.9. The average Bonchev–Trinajstić information content (AvgIpc) is 2.66. The molecule has 0 aliphatic carbocycles. The first-order valence-electron chi connectivity index (χ1n) is 9.08. The Bertz CT molecular complexity index is 904. The van der Waals surface area contributed by atoms with E-state index < -0.39 is 12.1 Å². The maximum absolute atomic E-state index is 11.2. The number of hydrogen-bond donors (Lipinski definition) is 1. The molecule has 2 rings (SSSR count). The molecule has 1 atom stereocenters. The lowest BCUT2D eigenvalue weighted by atomic mass is 10.1. The monoisotopic (exact) mass is 616 g/mol. The summed E-state index contributed by atoms with van der Waals surface area (Å²) in [6.07, 6.45) is 1.44. The fourth-order valence-electron chi connectivity index (χ4n) is 2.47. The van der Waals surface area contributed by atoms with Crippen LogP contribution in [0.2, 0.25) is 0 Å². The number of carboxylic acids is 1. The number of carboxylic acid groups (broad SMARTS) is 1. The van der Waals surface area contributed by atoms with Gasteiger partial charge in [0.25, 0.3) is 0 Å². The van der Waals surface area contributed by atoms with Crippen LogP contribution in [-0.4, -0.2) is 30.4 Å². The van der Waals surface area contributed by atoms with E-state index in [1.807, 2.05) is 37.3 Å². The fourth-order valence-corrected chi connectivity index (χ4v) is 4.40. The predicted octanol–water partition coefficient (Wildman–Crippen LogP) is 5.30. The Morgan fingerprint density at radius 3 is 2.41 bits per heavy atom. The molecule has 0 radical (unpaired) electrons. The molecule has 0 saturated heterocycles. The van der Waals surface area contributed by atoms with Gasteiger partial charge in [-0.3, -0.25) is 0 Å². The smallest absolute Gasteiger partial charge is 0.333 e. The molecule has 6 heteroatoms. The Kier molecular flexibility index (Phi) is 9.97. The molecule has 0 fully saturated rings. The van der Waals surface area contributed by atoms with Crippen molar-refractivity contribution in [2.75, 3.05) is 13.2 Å². The molecule has 0 spiro atoms. The van der Waals surface area contributed by atoms with Crippen LogP contribution in [0.25, 0.3) is 0 Å². The number of aliphatic carboxylic acids is 1. The van der Waals surface area contributed by atoms with E-state index in [0.717, 1.165) is 22.4 Å². The number of allylic oxidation sites excluding steroid dienone is 1. The third kappa shape index (κ3) is 8.76. The molecule has 0 aromatic heterocycles. The van der Waals surface area contributed by atoms with Gasteiger partial charge in [-0.25, -0.2) is 4.79 Å². The van der Waals surface area contributed by atoms with Crippen LogP contribution >= 0.6 is 45.2 Å². The summed E-state index contributed by atoms with van der Waals surface area (Å²) in [5.74, 6) is 6.10. The van der Waals surface area contributed by atoms with Gasteiger partial charge in [-0.2, -0.15) is 0 Å². The van der Waals surface area contributed by atoms with E-state index >= 15 is 0 Å². The highest BCUT2D eigenvalue weighted by molar-refractivity contribution is 14.1. The minimum Gasteiger partial charge on any atom is -0.490 e. The quantitative estimate of drug-likeness (QED) is 0.323. The zero-order valence-corrected chi connectivity index (χ0v) is 20.6. The molecular weight excluding hydrogens is 594 g/mol. The topological polar surface area (TPSA) is 55.8 Å². The summed E-state index contributed by atoms with van der Waals surface area (Å²) < 4.78 is 13.3. The van der Waals surface area contributed by atoms with Crippen LogP contribution in [0.5, 0.6) is 5.75 Å². The van der Waals surface area contributed by atoms with E-state index in [4.69, 9.17) is 14.6 Å². The second-order valence-corrected chi connectivity index (χ2v) is 8.73. The van der Waals surface area contributed by atoms with Crippen molar-refractivity contribution in [2.45, 2.75) is 26.4 Å². The van der Waals surface area contributed by atoms with Gasteiger partial charge in [0.1, 0.15) is 12.4 Å². The van der Waals surface area contributed by atoms with Crippen LogP contribution in [0.1, 0.15) is 25.0 Å². The van der Waals surface area contributed by atoms with Gasteiger partial charge in [-0.05, 0) is 107 Å². The van der Waals surface area contributed by atoms with Crippen LogP contribution in [0.4, 0.5) is 0 Å². The van der Waals surface area contributed by atoms with Crippen LogP contribution < -0.4 is 4.74 Å². The first-order valence-corrected chi connectivity index (χ1v) is 11.2. The summed E-state index contributed by atoms with van der Waals surface area (Å²) in [4.78, 5) is 11.2. The van der Waals surface area contributed by atoms with Gasteiger partial charge in [-0.15, -0.1) is 0 Å². The number of benzene rings is 2. The summed E-state index contributed by atoms with van der Waals surface area (Å²) in [6.45, 7) is 4.53. The molecule has 2 aromatic carbocycles. The number of halogens is 2. The molecule has 0 bridgehead atoms. The minimum absolute atomic E-state index is 0.329. The van der Waals surface area contributed by atoms with E-state index in [1.54, 1.807) is 6.92 Å². The number of carbonyl (C=O) groups is 1. The molecule has 0 heterocycles. The van der Waals surface area contributed by atoms with Gasteiger partial charge in [0.2, 0.25) is 0 Å². The van der Waals surface area contributed by atoms with Crippen molar-refractivity contribution in [3.63, 3.8) is 0 Å². The van der Waals surface area contributed by atoms with Crippen molar-refractivity contribution in [1.82, 2.24) is 0 Å². The SMILES string of the molecule is CCO[C@@H](Cc1ccc(OCC=C(C)C#Cc2cc(I)cc(I)c2)cc1)C(=O)O. The zero-order chi connectivity index (χ0) is 21.2. The van der Waals surface area contributed by atoms with E-state index in [9.17, 15) is 4.79 Å². The molecule has 0 amide bonds. The molecule has 4 nitrogen and oxygen atoms in total. The van der Waals surface area contributed by atoms with E-state index in [1.165, 1.54) is 7.14 Å². The van der Waals surface area contributed by atoms with E-state index in [0.29, 0.717) is 19.6 Å². The largest absolute Gasteiger partial charge is 0.490 e. The van der Waals surface area contributed by atoms with Crippen LogP contribution in [0.3, 0.4) is 0 Å². The molecule has 0 unspecified atom stereocenters. The Labute approximate surface area is 199 Å². The highest BCUT2D eigenvalue weighted by atomic mass is 127. The van der Waals surface area contributed by atoms with Crippen molar-refractivity contribution < 1.29 is 19.4 Å². The molecule has 0 aliphatic heterocycles. The first kappa shape index (κ1) is 23.7. The molecule has 0 aliphatic rings. The molecule has 29 heavy (non-hydrogen) atoms. The predicted molar refractivity (Wildman–Crippen MR) is 131 cm³/mol. The highest BCUT2D eigenvalue weighted by Gasteiger charge is 2.17. The van der Waals surface area contributed by atoms with Gasteiger partial charge in [-0.1, -0.05) is 24.0 Å². The normalized spacial score (nSPS) is 12.1. The molecule has 1 N–H and O–H groups in total. The highest BCUT2D eigenvalue weighted by Crippen LogP contribution is 2.15. The summed E-state index contributed by atoms with van der Waals surface area (Å²) >= 11 is 4.58. The maximum Gasteiger partial charge on any atom is 0.333 e. The summed E-state index contributed by atoms with van der Waals surface area (Å²) in [6, 6.07) is 13.6. The Morgan fingerprint density at radius 1 is 1.17 bits per heavy atom. The Balaban J connectivity index is 1.89. The van der Waals surface area contributed by atoms with Crippen LogP contribution in [0, 0.1) is 19.0 Å². The summed E-state index contributed by atoms with van der Waals surface area (Å²) in [5.41, 5.74) is 2.83. The van der Waals surface area contributed by atoms with Gasteiger partial charge < -0.3 is 14.6 Å². The Morgan fingerprint density at radius 2 is 1.83 bits per heavy atom. The molecule has 0 saturated carbocycles. The lowest BCUT2D eigenvalue weighted by Crippen LogP contribution is -2.26. The lowest BCUT2D eigenvalue weighted by molar-refractivity contribution is -0.149. The second kappa shape index (κ2) is 12.2. The van der Waals surface area contributed by atoms with E-state index in [-0.39, 0.29) is 0 Å². The summed E-state index contributed by atoms with van der Waals surface area (Å²) in [7, 11) is 0. The fraction of sp³-hybridized carbons (Fsp3) is 0.261. The molecular formula is C23H22I2O4. The van der Waals surface area contributed by atoms with Crippen molar-refractivity contribution in [1.29, 1.82) is 0 Å². The standard InChI is InChI=1S/C23H22I2O4/c1-3-28-22(23(26)27)14-17-6-8-21(9-7-17)29-11-10-16(2)4-5-18-12-19(24)15-20(25)13-18/h6-10,12-13,15,22H,3,11,14H2,1-2H3,(H,26,27)/t22-/m0/s1. The average molecular weight is 616 g/mol. The van der Waals surface area contributed by atoms with Crippen molar-refractivity contribution in [2.24, 2.45) is 0 Å². The van der Waals surface area contributed by atoms with Gasteiger partial charge in [0, 0.05) is 25.7 Å². The Hall–Kier alpha value is -1.57. The third-order valence-corrected chi connectivity index (χ3v) is 5.14. The molecule has 2 aromatic rings. The molecule has 152 valence electrons. The third-order valence-electron chi connectivity index (χ3n) is 3.89. The zero-order valence-electron chi connectivity index (χ0n) is 16.2. The minimum atomic E-state index is -0.950. The maximum atomic E-state index is 11.2. The summed E-state index contributed by atoms with van der Waals surface area (Å²) in [5, 5.41) is 9.16. The van der Waals surface area contributed by atoms with Crippen molar-refractivity contribution >= 4 is 51.2 Å². The number of rotatable bonds is 8. The number of hydrogen-bond acceptors (Lipinski definition) is 3. The van der Waals surface area contributed by atoms with Gasteiger partial charge in [0.05, 0.1) is 0 Å². The lowest BCUT2D eigenvalue weighted by Gasteiger charge is -2.12. The van der Waals surface area contributed by atoms with E-state index in [2.05, 4.69) is 75.2 Å². The van der Waals surface area contributed by atoms with Gasteiger partial charge >= 0.3 is 5.97 Å². The van der Waals surface area contributed by atoms with Gasteiger partial charge in [0.15, 0.2) is 6.10 Å².